The number of ether oxygens (including phenoxy) is 2. The molecule has 1 N–H and O–H groups in total. The van der Waals surface area contributed by atoms with E-state index in [9.17, 15) is 0 Å². The summed E-state index contributed by atoms with van der Waals surface area (Å²) in [4.78, 5) is 4.49. The Morgan fingerprint density at radius 1 is 1.28 bits per heavy atom. The van der Waals surface area contributed by atoms with Gasteiger partial charge in [0.1, 0.15) is 0 Å². The maximum Gasteiger partial charge on any atom is 0.229 e. The third-order valence-electron chi connectivity index (χ3n) is 4.76. The number of benzene rings is 1. The van der Waals surface area contributed by atoms with Gasteiger partial charge in [-0.1, -0.05) is 28.9 Å². The van der Waals surface area contributed by atoms with Gasteiger partial charge in [0.25, 0.3) is 0 Å². The van der Waals surface area contributed by atoms with Crippen LogP contribution in [0.2, 0.25) is 5.02 Å². The Kier molecular flexibility index (Phi) is 5.03. The van der Waals surface area contributed by atoms with Crippen LogP contribution in [0, 0.1) is 0 Å². The van der Waals surface area contributed by atoms with E-state index >= 15 is 0 Å². The first-order valence-corrected chi connectivity index (χ1v) is 9.11. The van der Waals surface area contributed by atoms with Crippen molar-refractivity contribution in [1.82, 2.24) is 15.5 Å². The molecule has 0 radical (unpaired) electrons. The molecule has 25 heavy (non-hydrogen) atoms. The van der Waals surface area contributed by atoms with Gasteiger partial charge in [-0.2, -0.15) is 4.98 Å². The van der Waals surface area contributed by atoms with Crippen LogP contribution < -0.4 is 5.32 Å². The fourth-order valence-corrected chi connectivity index (χ4v) is 3.73. The molecule has 2 fully saturated rings. The predicted octanol–water partition coefficient (Wildman–Crippen LogP) is 2.39. The highest BCUT2D eigenvalue weighted by molar-refractivity contribution is 6.30. The molecule has 2 aromatic rings. The molecule has 0 bridgehead atoms. The molecule has 0 saturated carbocycles. The molecule has 1 aromatic heterocycles. The van der Waals surface area contributed by atoms with Gasteiger partial charge >= 0.3 is 0 Å². The first-order chi connectivity index (χ1) is 12.2. The van der Waals surface area contributed by atoms with Gasteiger partial charge < -0.3 is 19.3 Å². The minimum Gasteiger partial charge on any atom is -0.376 e. The van der Waals surface area contributed by atoms with Crippen molar-refractivity contribution in [3.8, 4) is 0 Å². The average molecular weight is 364 g/mol. The summed E-state index contributed by atoms with van der Waals surface area (Å²) in [6.45, 7) is 3.19. The zero-order valence-corrected chi connectivity index (χ0v) is 14.8. The molecule has 2 aliphatic rings. The lowest BCUT2D eigenvalue weighted by Crippen LogP contribution is -2.53. The zero-order valence-electron chi connectivity index (χ0n) is 14.0. The first kappa shape index (κ1) is 17.0. The molecule has 1 atom stereocenters. The van der Waals surface area contributed by atoms with Crippen molar-refractivity contribution in [2.24, 2.45) is 0 Å². The van der Waals surface area contributed by atoms with Crippen molar-refractivity contribution in [2.75, 3.05) is 26.3 Å². The van der Waals surface area contributed by atoms with Gasteiger partial charge in [0.05, 0.1) is 31.3 Å². The van der Waals surface area contributed by atoms with Gasteiger partial charge in [0.2, 0.25) is 5.89 Å². The Morgan fingerprint density at radius 2 is 2.16 bits per heavy atom. The fraction of sp³-hybridized carbons (Fsp3) is 0.556. The average Bonchev–Trinajstić information content (AvgIpc) is 3.02. The van der Waals surface area contributed by atoms with Gasteiger partial charge in [-0.05, 0) is 43.6 Å². The summed E-state index contributed by atoms with van der Waals surface area (Å²) in [5, 5.41) is 8.15. The van der Waals surface area contributed by atoms with Crippen LogP contribution in [0.4, 0.5) is 0 Å². The molecule has 7 heteroatoms. The van der Waals surface area contributed by atoms with Crippen LogP contribution in [0.15, 0.2) is 28.8 Å². The molecule has 1 unspecified atom stereocenters. The standard InChI is InChI=1S/C18H22ClN3O3/c19-14-3-1-2-13(8-14)9-16-21-17(25-22-16)10-15-11-23-12-18(24-15)4-6-20-7-5-18/h1-3,8,15,20H,4-7,9-12H2. The van der Waals surface area contributed by atoms with E-state index in [1.165, 1.54) is 0 Å². The molecule has 2 saturated heterocycles. The van der Waals surface area contributed by atoms with E-state index in [0.29, 0.717) is 42.8 Å². The van der Waals surface area contributed by atoms with E-state index in [2.05, 4.69) is 15.5 Å². The van der Waals surface area contributed by atoms with E-state index in [4.69, 9.17) is 25.6 Å². The van der Waals surface area contributed by atoms with Crippen molar-refractivity contribution >= 4 is 11.6 Å². The van der Waals surface area contributed by atoms with E-state index < -0.39 is 0 Å². The Balaban J connectivity index is 1.37. The monoisotopic (exact) mass is 363 g/mol. The highest BCUT2D eigenvalue weighted by Crippen LogP contribution is 2.29. The van der Waals surface area contributed by atoms with Gasteiger partial charge in [-0.25, -0.2) is 0 Å². The van der Waals surface area contributed by atoms with Crippen LogP contribution in [0.25, 0.3) is 0 Å². The van der Waals surface area contributed by atoms with Crippen LogP contribution in [0.5, 0.6) is 0 Å². The summed E-state index contributed by atoms with van der Waals surface area (Å²) in [5.74, 6) is 1.25. The van der Waals surface area contributed by atoms with Crippen LogP contribution in [0.3, 0.4) is 0 Å². The van der Waals surface area contributed by atoms with Gasteiger partial charge in [0, 0.05) is 11.4 Å². The molecule has 6 nitrogen and oxygen atoms in total. The zero-order chi connectivity index (χ0) is 17.1. The molecule has 0 aliphatic carbocycles. The first-order valence-electron chi connectivity index (χ1n) is 8.73. The van der Waals surface area contributed by atoms with E-state index in [1.807, 2.05) is 24.3 Å². The number of rotatable bonds is 4. The molecule has 1 spiro atoms. The van der Waals surface area contributed by atoms with Crippen molar-refractivity contribution in [1.29, 1.82) is 0 Å². The molecular formula is C18H22ClN3O3. The van der Waals surface area contributed by atoms with Crippen LogP contribution >= 0.6 is 11.6 Å². The minimum absolute atomic E-state index is 0.0358. The lowest BCUT2D eigenvalue weighted by atomic mass is 9.91. The number of halogens is 1. The Hall–Kier alpha value is -1.47. The summed E-state index contributed by atoms with van der Waals surface area (Å²) in [7, 11) is 0. The lowest BCUT2D eigenvalue weighted by molar-refractivity contribution is -0.208. The van der Waals surface area contributed by atoms with Gasteiger partial charge in [-0.3, -0.25) is 0 Å². The maximum atomic E-state index is 6.35. The molecule has 3 heterocycles. The summed E-state index contributed by atoms with van der Waals surface area (Å²) >= 11 is 6.02. The van der Waals surface area contributed by atoms with Crippen LogP contribution in [-0.4, -0.2) is 48.1 Å². The van der Waals surface area contributed by atoms with Gasteiger partial charge in [-0.15, -0.1) is 0 Å². The van der Waals surface area contributed by atoms with E-state index in [0.717, 1.165) is 31.5 Å². The SMILES string of the molecule is Clc1cccc(Cc2noc(CC3COCC4(CCNCC4)O3)n2)c1. The summed E-state index contributed by atoms with van der Waals surface area (Å²) in [6.07, 6.45) is 3.10. The second kappa shape index (κ2) is 7.41. The Labute approximate surface area is 151 Å². The van der Waals surface area contributed by atoms with Crippen molar-refractivity contribution < 1.29 is 14.0 Å². The second-order valence-electron chi connectivity index (χ2n) is 6.80. The third-order valence-corrected chi connectivity index (χ3v) is 5.00. The largest absolute Gasteiger partial charge is 0.376 e. The fourth-order valence-electron chi connectivity index (χ4n) is 3.51. The van der Waals surface area contributed by atoms with Crippen molar-refractivity contribution in [3.05, 3.63) is 46.6 Å². The Morgan fingerprint density at radius 3 is 3.00 bits per heavy atom. The topological polar surface area (TPSA) is 69.4 Å². The normalized spacial score (nSPS) is 23.0. The number of hydrogen-bond donors (Lipinski definition) is 1. The molecule has 1 aromatic carbocycles. The molecular weight excluding hydrogens is 342 g/mol. The number of aromatic nitrogens is 2. The lowest BCUT2D eigenvalue weighted by Gasteiger charge is -2.43. The highest BCUT2D eigenvalue weighted by Gasteiger charge is 2.39. The van der Waals surface area contributed by atoms with E-state index in [-0.39, 0.29) is 11.7 Å². The maximum absolute atomic E-state index is 6.35. The quantitative estimate of drug-likeness (QED) is 0.899. The third kappa shape index (κ3) is 4.20. The predicted molar refractivity (Wildman–Crippen MR) is 92.8 cm³/mol. The number of nitrogens with zero attached hydrogens (tertiary/aromatic N) is 2. The summed E-state index contributed by atoms with van der Waals surface area (Å²) < 4.78 is 17.6. The van der Waals surface area contributed by atoms with Crippen molar-refractivity contribution in [3.63, 3.8) is 0 Å². The highest BCUT2D eigenvalue weighted by atomic mass is 35.5. The molecule has 0 amide bonds. The number of nitrogens with one attached hydrogen (secondary N) is 1. The van der Waals surface area contributed by atoms with Crippen LogP contribution in [0.1, 0.15) is 30.1 Å². The number of piperidine rings is 1. The number of hydrogen-bond acceptors (Lipinski definition) is 6. The summed E-state index contributed by atoms with van der Waals surface area (Å²) in [6, 6.07) is 7.69. The molecule has 2 aliphatic heterocycles. The van der Waals surface area contributed by atoms with Crippen LogP contribution in [-0.2, 0) is 22.3 Å². The molecule has 134 valence electrons. The smallest absolute Gasteiger partial charge is 0.229 e. The molecule has 4 rings (SSSR count). The van der Waals surface area contributed by atoms with Crippen molar-refractivity contribution in [2.45, 2.75) is 37.4 Å². The van der Waals surface area contributed by atoms with Gasteiger partial charge in [0.15, 0.2) is 5.82 Å². The summed E-state index contributed by atoms with van der Waals surface area (Å²) in [5.41, 5.74) is 0.906. The van der Waals surface area contributed by atoms with E-state index in [1.54, 1.807) is 0 Å². The Bertz CT molecular complexity index is 710. The minimum atomic E-state index is -0.155. The second-order valence-corrected chi connectivity index (χ2v) is 7.24.